The zero-order chi connectivity index (χ0) is 16.6. The topological polar surface area (TPSA) is 42.0 Å². The Balaban J connectivity index is 1.86. The predicted molar refractivity (Wildman–Crippen MR) is 89.6 cm³/mol. The second-order valence-electron chi connectivity index (χ2n) is 6.29. The predicted octanol–water partition coefficient (Wildman–Crippen LogP) is 2.67. The molecule has 2 fully saturated rings. The minimum Gasteiger partial charge on any atom is -0.493 e. The molecule has 1 aromatic carbocycles. The number of hydrogen-bond donors (Lipinski definition) is 0. The van der Waals surface area contributed by atoms with Crippen LogP contribution in [0, 0.1) is 0 Å². The lowest BCUT2D eigenvalue weighted by atomic mass is 10.1. The standard InChI is InChI=1S/C17H23ClN2O3/c1-11-9-19-6-4-5-13(19)10-20(11)17(21)12-7-14(18)16(23-3)15(8-12)22-2/h7-8,11,13H,4-6,9-10H2,1-3H3/t11-,13+/m0/s1. The van der Waals surface area contributed by atoms with Gasteiger partial charge < -0.3 is 14.4 Å². The van der Waals surface area contributed by atoms with Crippen LogP contribution in [-0.2, 0) is 0 Å². The van der Waals surface area contributed by atoms with Crippen LogP contribution in [0.1, 0.15) is 30.1 Å². The first kappa shape index (κ1) is 16.4. The molecule has 3 rings (SSSR count). The molecule has 1 aromatic rings. The molecule has 0 spiro atoms. The number of ether oxygens (including phenoxy) is 2. The number of piperazine rings is 1. The van der Waals surface area contributed by atoms with Gasteiger partial charge in [-0.1, -0.05) is 11.6 Å². The molecule has 0 aromatic heterocycles. The summed E-state index contributed by atoms with van der Waals surface area (Å²) in [5.74, 6) is 0.946. The molecule has 126 valence electrons. The van der Waals surface area contributed by atoms with Crippen molar-refractivity contribution in [2.75, 3.05) is 33.9 Å². The fourth-order valence-corrected chi connectivity index (χ4v) is 3.97. The van der Waals surface area contributed by atoms with Gasteiger partial charge in [-0.3, -0.25) is 9.69 Å². The number of amides is 1. The summed E-state index contributed by atoms with van der Waals surface area (Å²) < 4.78 is 10.5. The van der Waals surface area contributed by atoms with E-state index < -0.39 is 0 Å². The molecule has 0 radical (unpaired) electrons. The van der Waals surface area contributed by atoms with Gasteiger partial charge in [0, 0.05) is 30.7 Å². The van der Waals surface area contributed by atoms with Crippen molar-refractivity contribution in [1.82, 2.24) is 9.80 Å². The number of hydrogen-bond acceptors (Lipinski definition) is 4. The van der Waals surface area contributed by atoms with Crippen molar-refractivity contribution in [3.8, 4) is 11.5 Å². The normalized spacial score (nSPS) is 24.4. The highest BCUT2D eigenvalue weighted by Gasteiger charge is 2.37. The third-order valence-electron chi connectivity index (χ3n) is 4.88. The molecule has 2 saturated heterocycles. The van der Waals surface area contributed by atoms with Crippen molar-refractivity contribution in [3.63, 3.8) is 0 Å². The molecule has 2 atom stereocenters. The molecule has 6 heteroatoms. The Morgan fingerprint density at radius 2 is 2.04 bits per heavy atom. The molecule has 0 saturated carbocycles. The van der Waals surface area contributed by atoms with Crippen LogP contribution in [0.3, 0.4) is 0 Å². The van der Waals surface area contributed by atoms with E-state index in [9.17, 15) is 4.79 Å². The van der Waals surface area contributed by atoms with E-state index in [2.05, 4.69) is 11.8 Å². The van der Waals surface area contributed by atoms with E-state index in [0.717, 1.165) is 19.6 Å². The van der Waals surface area contributed by atoms with Crippen LogP contribution < -0.4 is 9.47 Å². The fourth-order valence-electron chi connectivity index (χ4n) is 3.68. The van der Waals surface area contributed by atoms with Gasteiger partial charge in [-0.2, -0.15) is 0 Å². The van der Waals surface area contributed by atoms with Crippen LogP contribution in [0.2, 0.25) is 5.02 Å². The largest absolute Gasteiger partial charge is 0.493 e. The first-order chi connectivity index (χ1) is 11.0. The molecular weight excluding hydrogens is 316 g/mol. The maximum atomic E-state index is 13.0. The van der Waals surface area contributed by atoms with E-state index in [1.54, 1.807) is 19.2 Å². The van der Waals surface area contributed by atoms with Gasteiger partial charge in [-0.15, -0.1) is 0 Å². The smallest absolute Gasteiger partial charge is 0.254 e. The van der Waals surface area contributed by atoms with E-state index in [4.69, 9.17) is 21.1 Å². The Morgan fingerprint density at radius 3 is 2.74 bits per heavy atom. The highest BCUT2D eigenvalue weighted by Crippen LogP contribution is 2.37. The number of halogens is 1. The summed E-state index contributed by atoms with van der Waals surface area (Å²) in [5.41, 5.74) is 0.547. The first-order valence-electron chi connectivity index (χ1n) is 8.01. The maximum absolute atomic E-state index is 13.0. The second kappa shape index (κ2) is 6.57. The number of rotatable bonds is 3. The van der Waals surface area contributed by atoms with Gasteiger partial charge in [0.1, 0.15) is 0 Å². The summed E-state index contributed by atoms with van der Waals surface area (Å²) in [6.45, 7) is 4.98. The van der Waals surface area contributed by atoms with E-state index in [1.807, 2.05) is 4.90 Å². The van der Waals surface area contributed by atoms with Crippen LogP contribution in [0.5, 0.6) is 11.5 Å². The van der Waals surface area contributed by atoms with Crippen LogP contribution in [0.4, 0.5) is 0 Å². The van der Waals surface area contributed by atoms with Gasteiger partial charge >= 0.3 is 0 Å². The summed E-state index contributed by atoms with van der Waals surface area (Å²) in [4.78, 5) is 17.4. The van der Waals surface area contributed by atoms with Gasteiger partial charge in [0.05, 0.1) is 19.2 Å². The molecule has 2 aliphatic rings. The Labute approximate surface area is 142 Å². The van der Waals surface area contributed by atoms with E-state index >= 15 is 0 Å². The third kappa shape index (κ3) is 3.00. The first-order valence-corrected chi connectivity index (χ1v) is 8.39. The van der Waals surface area contributed by atoms with Gasteiger partial charge in [0.25, 0.3) is 5.91 Å². The molecular formula is C17H23ClN2O3. The number of benzene rings is 1. The minimum absolute atomic E-state index is 0.00639. The third-order valence-corrected chi connectivity index (χ3v) is 5.16. The van der Waals surface area contributed by atoms with E-state index in [-0.39, 0.29) is 11.9 Å². The quantitative estimate of drug-likeness (QED) is 0.849. The highest BCUT2D eigenvalue weighted by atomic mass is 35.5. The van der Waals surface area contributed by atoms with Gasteiger partial charge in [0.2, 0.25) is 0 Å². The molecule has 0 aliphatic carbocycles. The molecule has 5 nitrogen and oxygen atoms in total. The van der Waals surface area contributed by atoms with Gasteiger partial charge in [0.15, 0.2) is 11.5 Å². The lowest BCUT2D eigenvalue weighted by molar-refractivity contribution is 0.0395. The lowest BCUT2D eigenvalue weighted by Crippen LogP contribution is -2.56. The Bertz CT molecular complexity index is 608. The second-order valence-corrected chi connectivity index (χ2v) is 6.70. The van der Waals surface area contributed by atoms with Crippen molar-refractivity contribution in [3.05, 3.63) is 22.7 Å². The zero-order valence-corrected chi connectivity index (χ0v) is 14.6. The van der Waals surface area contributed by atoms with Crippen molar-refractivity contribution in [1.29, 1.82) is 0 Å². The van der Waals surface area contributed by atoms with Crippen molar-refractivity contribution >= 4 is 17.5 Å². The van der Waals surface area contributed by atoms with Crippen molar-refractivity contribution < 1.29 is 14.3 Å². The number of nitrogens with zero attached hydrogens (tertiary/aromatic N) is 2. The van der Waals surface area contributed by atoms with Crippen LogP contribution in [0.15, 0.2) is 12.1 Å². The van der Waals surface area contributed by atoms with Gasteiger partial charge in [-0.25, -0.2) is 0 Å². The zero-order valence-electron chi connectivity index (χ0n) is 13.8. The Morgan fingerprint density at radius 1 is 1.26 bits per heavy atom. The summed E-state index contributed by atoms with van der Waals surface area (Å²) in [7, 11) is 3.08. The molecule has 2 heterocycles. The Hall–Kier alpha value is -1.46. The van der Waals surface area contributed by atoms with Crippen molar-refractivity contribution in [2.24, 2.45) is 0 Å². The fraction of sp³-hybridized carbons (Fsp3) is 0.588. The van der Waals surface area contributed by atoms with Gasteiger partial charge in [-0.05, 0) is 38.4 Å². The average Bonchev–Trinajstić information content (AvgIpc) is 2.99. The summed E-state index contributed by atoms with van der Waals surface area (Å²) in [6.07, 6.45) is 2.39. The highest BCUT2D eigenvalue weighted by molar-refractivity contribution is 6.32. The summed E-state index contributed by atoms with van der Waals surface area (Å²) >= 11 is 6.24. The number of methoxy groups -OCH3 is 2. The SMILES string of the molecule is COc1cc(C(=O)N2C[C@H]3CCCN3C[C@@H]2C)cc(Cl)c1OC. The number of carbonyl (C=O) groups excluding carboxylic acids is 1. The van der Waals surface area contributed by atoms with Crippen LogP contribution in [0.25, 0.3) is 0 Å². The summed E-state index contributed by atoms with van der Waals surface area (Å²) in [5, 5.41) is 0.391. The molecule has 1 amide bonds. The molecule has 0 bridgehead atoms. The van der Waals surface area contributed by atoms with E-state index in [1.165, 1.54) is 20.0 Å². The molecule has 0 N–H and O–H groups in total. The summed E-state index contributed by atoms with van der Waals surface area (Å²) in [6, 6.07) is 4.06. The van der Waals surface area contributed by atoms with Crippen LogP contribution >= 0.6 is 11.6 Å². The monoisotopic (exact) mass is 338 g/mol. The maximum Gasteiger partial charge on any atom is 0.254 e. The van der Waals surface area contributed by atoms with Crippen LogP contribution in [-0.4, -0.2) is 61.6 Å². The average molecular weight is 339 g/mol. The molecule has 23 heavy (non-hydrogen) atoms. The molecule has 0 unspecified atom stereocenters. The number of carbonyl (C=O) groups is 1. The molecule has 2 aliphatic heterocycles. The number of fused-ring (bicyclic) bond motifs is 1. The lowest BCUT2D eigenvalue weighted by Gasteiger charge is -2.42. The van der Waals surface area contributed by atoms with Crippen molar-refractivity contribution in [2.45, 2.75) is 31.8 Å². The van der Waals surface area contributed by atoms with E-state index in [0.29, 0.717) is 28.1 Å². The minimum atomic E-state index is 0.00639. The Kier molecular flexibility index (Phi) is 4.69.